The van der Waals surface area contributed by atoms with Crippen LogP contribution in [0.15, 0.2) is 6.20 Å². The molecule has 2 fully saturated rings. The molecule has 1 spiro atoms. The lowest BCUT2D eigenvalue weighted by molar-refractivity contribution is -0.115. The summed E-state index contributed by atoms with van der Waals surface area (Å²) in [6.07, 6.45) is 10.2. The van der Waals surface area contributed by atoms with Crippen molar-refractivity contribution in [1.29, 1.82) is 0 Å². The zero-order valence-corrected chi connectivity index (χ0v) is 11.3. The molecule has 18 heavy (non-hydrogen) atoms. The van der Waals surface area contributed by atoms with Crippen LogP contribution in [0.2, 0.25) is 5.02 Å². The molecule has 2 N–H and O–H groups in total. The van der Waals surface area contributed by atoms with Gasteiger partial charge in [-0.2, -0.15) is 5.10 Å². The Morgan fingerprint density at radius 1 is 1.39 bits per heavy atom. The summed E-state index contributed by atoms with van der Waals surface area (Å²) in [6, 6.07) is 0.381. The minimum Gasteiger partial charge on any atom is -0.381 e. The van der Waals surface area contributed by atoms with Gasteiger partial charge in [0.2, 0.25) is 0 Å². The first-order valence-corrected chi connectivity index (χ1v) is 7.20. The molecule has 1 saturated heterocycles. The molecule has 1 aliphatic carbocycles. The second kappa shape index (κ2) is 4.74. The predicted molar refractivity (Wildman–Crippen MR) is 71.7 cm³/mol. The maximum atomic E-state index is 6.09. The Hall–Kier alpha value is -0.740. The third kappa shape index (κ3) is 2.24. The molecule has 0 radical (unpaired) electrons. The monoisotopic (exact) mass is 269 g/mol. The van der Waals surface area contributed by atoms with E-state index >= 15 is 0 Å². The van der Waals surface area contributed by atoms with Crippen molar-refractivity contribution in [1.82, 2.24) is 9.78 Å². The molecule has 2 aliphatic rings. The predicted octanol–water partition coefficient (Wildman–Crippen LogP) is 3.17. The highest BCUT2D eigenvalue weighted by Gasteiger charge is 2.39. The van der Waals surface area contributed by atoms with Gasteiger partial charge >= 0.3 is 0 Å². The summed E-state index contributed by atoms with van der Waals surface area (Å²) in [5, 5.41) is 4.87. The lowest BCUT2D eigenvalue weighted by Crippen LogP contribution is -2.42. The summed E-state index contributed by atoms with van der Waals surface area (Å²) in [5.41, 5.74) is 5.81. The van der Waals surface area contributed by atoms with E-state index in [2.05, 4.69) is 5.10 Å². The molecule has 0 aromatic carbocycles. The van der Waals surface area contributed by atoms with Crippen LogP contribution in [0.1, 0.15) is 51.0 Å². The van der Waals surface area contributed by atoms with Gasteiger partial charge in [-0.15, -0.1) is 0 Å². The van der Waals surface area contributed by atoms with Crippen molar-refractivity contribution in [3.8, 4) is 0 Å². The molecule has 1 atom stereocenters. The Morgan fingerprint density at radius 3 is 2.83 bits per heavy atom. The van der Waals surface area contributed by atoms with Gasteiger partial charge in [0.25, 0.3) is 0 Å². The normalized spacial score (nSPS) is 27.5. The van der Waals surface area contributed by atoms with Crippen molar-refractivity contribution >= 4 is 17.4 Å². The Kier molecular flexibility index (Phi) is 3.24. The van der Waals surface area contributed by atoms with Crippen LogP contribution in [0.25, 0.3) is 0 Å². The lowest BCUT2D eigenvalue weighted by Gasteiger charge is -2.43. The molecule has 4 nitrogen and oxygen atoms in total. The van der Waals surface area contributed by atoms with Crippen LogP contribution in [-0.4, -0.2) is 22.0 Å². The molecule has 1 aromatic heterocycles. The third-order valence-corrected chi connectivity index (χ3v) is 4.61. The molecule has 1 unspecified atom stereocenters. The Morgan fingerprint density at radius 2 is 2.17 bits per heavy atom. The fourth-order valence-corrected chi connectivity index (χ4v) is 3.48. The number of aromatic nitrogens is 2. The van der Waals surface area contributed by atoms with Crippen LogP contribution in [0.4, 0.5) is 5.82 Å². The van der Waals surface area contributed by atoms with E-state index in [9.17, 15) is 0 Å². The van der Waals surface area contributed by atoms with E-state index in [-0.39, 0.29) is 5.60 Å². The molecule has 5 heteroatoms. The molecule has 3 rings (SSSR count). The number of halogens is 1. The first-order valence-electron chi connectivity index (χ1n) is 6.83. The van der Waals surface area contributed by atoms with Crippen LogP contribution in [0.5, 0.6) is 0 Å². The SMILES string of the molecule is Nc1nn(C2CCOC3(CCCCC3)C2)cc1Cl. The van der Waals surface area contributed by atoms with Crippen molar-refractivity contribution in [3.63, 3.8) is 0 Å². The maximum Gasteiger partial charge on any atom is 0.164 e. The quantitative estimate of drug-likeness (QED) is 0.852. The number of nitrogens with two attached hydrogens (primary N) is 1. The van der Waals surface area contributed by atoms with Crippen molar-refractivity contribution in [3.05, 3.63) is 11.2 Å². The van der Waals surface area contributed by atoms with E-state index in [1.54, 1.807) is 0 Å². The Balaban J connectivity index is 1.77. The standard InChI is InChI=1S/C13H20ClN3O/c14-11-9-17(16-12(11)15)10-4-7-18-13(8-10)5-2-1-3-6-13/h9-10H,1-8H2,(H2,15,16). The highest BCUT2D eigenvalue weighted by Crippen LogP contribution is 2.42. The minimum absolute atomic E-state index is 0.0916. The van der Waals surface area contributed by atoms with Crippen molar-refractivity contribution < 1.29 is 4.74 Å². The Bertz CT molecular complexity index is 401. The van der Waals surface area contributed by atoms with E-state index in [0.29, 0.717) is 16.9 Å². The molecule has 100 valence electrons. The van der Waals surface area contributed by atoms with Gasteiger partial charge in [0.15, 0.2) is 5.82 Å². The van der Waals surface area contributed by atoms with Gasteiger partial charge in [-0.3, -0.25) is 4.68 Å². The molecular formula is C13H20ClN3O. The van der Waals surface area contributed by atoms with E-state index in [0.717, 1.165) is 19.4 Å². The largest absolute Gasteiger partial charge is 0.381 e. The average Bonchev–Trinajstić information content (AvgIpc) is 2.71. The number of hydrogen-bond donors (Lipinski definition) is 1. The lowest BCUT2D eigenvalue weighted by atomic mass is 9.78. The summed E-state index contributed by atoms with van der Waals surface area (Å²) in [5.74, 6) is 0.431. The highest BCUT2D eigenvalue weighted by molar-refractivity contribution is 6.32. The summed E-state index contributed by atoms with van der Waals surface area (Å²) in [7, 11) is 0. The second-order valence-electron chi connectivity index (χ2n) is 5.58. The molecule has 1 saturated carbocycles. The van der Waals surface area contributed by atoms with Gasteiger partial charge in [-0.25, -0.2) is 0 Å². The highest BCUT2D eigenvalue weighted by atomic mass is 35.5. The summed E-state index contributed by atoms with van der Waals surface area (Å²) < 4.78 is 8.03. The van der Waals surface area contributed by atoms with Crippen molar-refractivity contribution in [2.75, 3.05) is 12.3 Å². The molecule has 1 aromatic rings. The zero-order valence-electron chi connectivity index (χ0n) is 10.6. The van der Waals surface area contributed by atoms with Crippen LogP contribution in [-0.2, 0) is 4.74 Å². The van der Waals surface area contributed by atoms with Gasteiger partial charge in [0, 0.05) is 12.8 Å². The van der Waals surface area contributed by atoms with Crippen LogP contribution in [0, 0.1) is 0 Å². The molecular weight excluding hydrogens is 250 g/mol. The van der Waals surface area contributed by atoms with E-state index in [1.165, 1.54) is 32.1 Å². The number of rotatable bonds is 1. The number of nitrogen functional groups attached to an aromatic ring is 1. The number of ether oxygens (including phenoxy) is 1. The van der Waals surface area contributed by atoms with Crippen LogP contribution >= 0.6 is 11.6 Å². The van der Waals surface area contributed by atoms with Gasteiger partial charge < -0.3 is 10.5 Å². The van der Waals surface area contributed by atoms with Crippen LogP contribution < -0.4 is 5.73 Å². The van der Waals surface area contributed by atoms with Crippen molar-refractivity contribution in [2.24, 2.45) is 0 Å². The summed E-state index contributed by atoms with van der Waals surface area (Å²) >= 11 is 5.99. The fourth-order valence-electron chi connectivity index (χ4n) is 3.34. The smallest absolute Gasteiger partial charge is 0.164 e. The van der Waals surface area contributed by atoms with E-state index in [1.807, 2.05) is 10.9 Å². The van der Waals surface area contributed by atoms with Gasteiger partial charge in [0.05, 0.1) is 11.6 Å². The second-order valence-corrected chi connectivity index (χ2v) is 5.99. The first kappa shape index (κ1) is 12.3. The topological polar surface area (TPSA) is 53.1 Å². The van der Waals surface area contributed by atoms with E-state index < -0.39 is 0 Å². The summed E-state index contributed by atoms with van der Waals surface area (Å²) in [4.78, 5) is 0. The number of hydrogen-bond acceptors (Lipinski definition) is 3. The Labute approximate surface area is 112 Å². The van der Waals surface area contributed by atoms with Gasteiger partial charge in [-0.1, -0.05) is 30.9 Å². The number of anilines is 1. The first-order chi connectivity index (χ1) is 8.69. The molecule has 1 aliphatic heterocycles. The third-order valence-electron chi connectivity index (χ3n) is 4.32. The van der Waals surface area contributed by atoms with E-state index in [4.69, 9.17) is 22.1 Å². The van der Waals surface area contributed by atoms with Crippen LogP contribution in [0.3, 0.4) is 0 Å². The molecule has 0 amide bonds. The summed E-state index contributed by atoms with van der Waals surface area (Å²) in [6.45, 7) is 0.821. The molecule has 2 heterocycles. The number of nitrogens with zero attached hydrogens (tertiary/aromatic N) is 2. The van der Waals surface area contributed by atoms with Gasteiger partial charge in [0.1, 0.15) is 5.02 Å². The zero-order chi connectivity index (χ0) is 12.6. The minimum atomic E-state index is 0.0916. The average molecular weight is 270 g/mol. The van der Waals surface area contributed by atoms with Crippen molar-refractivity contribution in [2.45, 2.75) is 56.6 Å². The fraction of sp³-hybridized carbons (Fsp3) is 0.769. The maximum absolute atomic E-state index is 6.09. The molecule has 0 bridgehead atoms. The van der Waals surface area contributed by atoms with Gasteiger partial charge in [-0.05, 0) is 25.7 Å².